The number of nitrogens with one attached hydrogen (secondary N) is 1. The summed E-state index contributed by atoms with van der Waals surface area (Å²) in [5, 5.41) is 14.4. The van der Waals surface area contributed by atoms with Crippen LogP contribution in [-0.2, 0) is 7.05 Å². The van der Waals surface area contributed by atoms with Crippen molar-refractivity contribution in [2.75, 3.05) is 5.32 Å². The summed E-state index contributed by atoms with van der Waals surface area (Å²) in [5.74, 6) is -0.191. The smallest absolute Gasteiger partial charge is 0.265 e. The van der Waals surface area contributed by atoms with Crippen molar-refractivity contribution in [1.29, 1.82) is 0 Å². The molecule has 9 heteroatoms. The molecule has 1 amide bonds. The van der Waals surface area contributed by atoms with Gasteiger partial charge >= 0.3 is 0 Å². The molecule has 0 fully saturated rings. The first-order valence-electron chi connectivity index (χ1n) is 9.27. The third-order valence-electron chi connectivity index (χ3n) is 4.97. The van der Waals surface area contributed by atoms with E-state index >= 15 is 0 Å². The third kappa shape index (κ3) is 2.96. The number of hydrogen-bond acceptors (Lipinski definition) is 5. The molecule has 4 aromatic heterocycles. The second kappa shape index (κ2) is 6.93. The Hall–Kier alpha value is -3.23. The van der Waals surface area contributed by atoms with Gasteiger partial charge in [0.25, 0.3) is 5.91 Å². The van der Waals surface area contributed by atoms with Crippen LogP contribution in [0.1, 0.15) is 21.1 Å². The summed E-state index contributed by atoms with van der Waals surface area (Å²) in [6.07, 6.45) is 1.64. The molecule has 7 nitrogen and oxygen atoms in total. The van der Waals surface area contributed by atoms with E-state index in [1.54, 1.807) is 15.6 Å². The first kappa shape index (κ1) is 18.8. The molecule has 0 saturated heterocycles. The molecule has 0 unspecified atom stereocenters. The molecule has 0 radical (unpaired) electrons. The van der Waals surface area contributed by atoms with Crippen molar-refractivity contribution < 1.29 is 4.79 Å². The van der Waals surface area contributed by atoms with Gasteiger partial charge in [-0.15, -0.1) is 11.3 Å². The van der Waals surface area contributed by atoms with E-state index in [4.69, 9.17) is 11.6 Å². The average molecular weight is 437 g/mol. The topological polar surface area (TPSA) is 77.6 Å². The maximum Gasteiger partial charge on any atom is 0.265 e. The molecular formula is C21H17ClN6OS. The van der Waals surface area contributed by atoms with Crippen LogP contribution >= 0.6 is 22.9 Å². The number of pyridine rings is 1. The van der Waals surface area contributed by atoms with Crippen molar-refractivity contribution in [3.63, 3.8) is 0 Å². The van der Waals surface area contributed by atoms with E-state index in [1.165, 1.54) is 11.3 Å². The number of thiophene rings is 1. The highest BCUT2D eigenvalue weighted by atomic mass is 35.5. The Morgan fingerprint density at radius 1 is 1.10 bits per heavy atom. The lowest BCUT2D eigenvalue weighted by molar-refractivity contribution is 0.103. The molecule has 0 aliphatic carbocycles. The third-order valence-corrected chi connectivity index (χ3v) is 6.40. The number of rotatable bonds is 3. The van der Waals surface area contributed by atoms with Crippen molar-refractivity contribution in [2.45, 2.75) is 13.8 Å². The zero-order chi connectivity index (χ0) is 21.0. The van der Waals surface area contributed by atoms with Gasteiger partial charge in [0, 0.05) is 17.8 Å². The summed E-state index contributed by atoms with van der Waals surface area (Å²) in [4.78, 5) is 18.8. The van der Waals surface area contributed by atoms with Crippen LogP contribution in [0.4, 0.5) is 5.69 Å². The van der Waals surface area contributed by atoms with Gasteiger partial charge in [-0.3, -0.25) is 9.48 Å². The molecule has 30 heavy (non-hydrogen) atoms. The lowest BCUT2D eigenvalue weighted by Crippen LogP contribution is -2.10. The number of carbonyl (C=O) groups is 1. The molecule has 150 valence electrons. The maximum atomic E-state index is 12.9. The summed E-state index contributed by atoms with van der Waals surface area (Å²) >= 11 is 7.74. The van der Waals surface area contributed by atoms with Crippen molar-refractivity contribution in [2.24, 2.45) is 7.05 Å². The molecule has 4 heterocycles. The van der Waals surface area contributed by atoms with Crippen molar-refractivity contribution in [3.05, 3.63) is 63.9 Å². The quantitative estimate of drug-likeness (QED) is 0.436. The lowest BCUT2D eigenvalue weighted by Gasteiger charge is -2.05. The molecule has 5 rings (SSSR count). The number of fused-ring (bicyclic) bond motifs is 2. The normalized spacial score (nSPS) is 11.5. The van der Waals surface area contributed by atoms with Crippen molar-refractivity contribution in [1.82, 2.24) is 24.5 Å². The average Bonchev–Trinajstić information content (AvgIpc) is 3.37. The first-order chi connectivity index (χ1) is 14.4. The number of carbonyl (C=O) groups excluding carboxylic acids is 1. The molecule has 5 aromatic rings. The largest absolute Gasteiger partial charge is 0.320 e. The number of para-hydroxylation sites is 1. The molecule has 0 bridgehead atoms. The predicted octanol–water partition coefficient (Wildman–Crippen LogP) is 4.89. The van der Waals surface area contributed by atoms with E-state index in [0.717, 1.165) is 38.3 Å². The summed E-state index contributed by atoms with van der Waals surface area (Å²) in [5.41, 5.74) is 3.91. The standard InChI is InChI=1S/C21H17ClN6OS/c1-11-14-8-13(10-23-19(14)27(3)25-11)24-20(29)18-9-15-12(2)26-28(21(15)30-18)17-7-5-4-6-16(17)22/h4-10H,1-3H3,(H,24,29). The molecular weight excluding hydrogens is 420 g/mol. The van der Waals surface area contributed by atoms with Crippen LogP contribution < -0.4 is 5.32 Å². The fraction of sp³-hybridized carbons (Fsp3) is 0.143. The first-order valence-corrected chi connectivity index (χ1v) is 10.5. The predicted molar refractivity (Wildman–Crippen MR) is 120 cm³/mol. The van der Waals surface area contributed by atoms with Crippen LogP contribution in [0.3, 0.4) is 0 Å². The molecule has 0 atom stereocenters. The van der Waals surface area contributed by atoms with E-state index in [0.29, 0.717) is 15.6 Å². The number of aromatic nitrogens is 5. The minimum Gasteiger partial charge on any atom is -0.320 e. The summed E-state index contributed by atoms with van der Waals surface area (Å²) < 4.78 is 3.52. The Morgan fingerprint density at radius 3 is 2.67 bits per heavy atom. The second-order valence-corrected chi connectivity index (χ2v) is 8.47. The van der Waals surface area contributed by atoms with Crippen LogP contribution in [0, 0.1) is 13.8 Å². The number of halogens is 1. The van der Waals surface area contributed by atoms with E-state index in [2.05, 4.69) is 20.5 Å². The molecule has 1 aromatic carbocycles. The van der Waals surface area contributed by atoms with Gasteiger partial charge in [-0.25, -0.2) is 9.67 Å². The second-order valence-electron chi connectivity index (χ2n) is 7.04. The number of hydrogen-bond donors (Lipinski definition) is 1. The van der Waals surface area contributed by atoms with Crippen molar-refractivity contribution >= 4 is 55.8 Å². The fourth-order valence-corrected chi connectivity index (χ4v) is 4.80. The number of amides is 1. The zero-order valence-electron chi connectivity index (χ0n) is 16.5. The lowest BCUT2D eigenvalue weighted by atomic mass is 10.2. The van der Waals surface area contributed by atoms with Gasteiger partial charge in [0.15, 0.2) is 5.65 Å². The van der Waals surface area contributed by atoms with E-state index < -0.39 is 0 Å². The Bertz CT molecular complexity index is 1450. The number of anilines is 1. The highest BCUT2D eigenvalue weighted by molar-refractivity contribution is 7.20. The van der Waals surface area contributed by atoms with Gasteiger partial charge in [0.1, 0.15) is 4.83 Å². The highest BCUT2D eigenvalue weighted by Gasteiger charge is 2.19. The molecule has 0 aliphatic heterocycles. The van der Waals surface area contributed by atoms with E-state index in [1.807, 2.05) is 57.3 Å². The summed E-state index contributed by atoms with van der Waals surface area (Å²) in [6.45, 7) is 3.85. The highest BCUT2D eigenvalue weighted by Crippen LogP contribution is 2.33. The Balaban J connectivity index is 1.51. The Labute approximate surface area is 180 Å². The SMILES string of the molecule is Cc1nn(C)c2ncc(NC(=O)c3cc4c(C)nn(-c5ccccc5Cl)c4s3)cc12. The van der Waals surface area contributed by atoms with Crippen LogP contribution in [-0.4, -0.2) is 30.5 Å². The Morgan fingerprint density at radius 2 is 1.87 bits per heavy atom. The van der Waals surface area contributed by atoms with E-state index in [9.17, 15) is 4.79 Å². The van der Waals surface area contributed by atoms with Gasteiger partial charge in [-0.1, -0.05) is 23.7 Å². The number of aryl methyl sites for hydroxylation is 3. The minimum absolute atomic E-state index is 0.191. The number of nitrogens with zero attached hydrogens (tertiary/aromatic N) is 5. The maximum absolute atomic E-state index is 12.9. The van der Waals surface area contributed by atoms with Crippen LogP contribution in [0.15, 0.2) is 42.6 Å². The minimum atomic E-state index is -0.191. The van der Waals surface area contributed by atoms with Gasteiger partial charge in [-0.2, -0.15) is 10.2 Å². The zero-order valence-corrected chi connectivity index (χ0v) is 18.0. The molecule has 1 N–H and O–H groups in total. The van der Waals surface area contributed by atoms with Crippen LogP contribution in [0.5, 0.6) is 0 Å². The molecule has 0 saturated carbocycles. The van der Waals surface area contributed by atoms with Crippen LogP contribution in [0.25, 0.3) is 26.9 Å². The Kier molecular flexibility index (Phi) is 4.34. The van der Waals surface area contributed by atoms with E-state index in [-0.39, 0.29) is 5.91 Å². The van der Waals surface area contributed by atoms with Gasteiger partial charge in [-0.05, 0) is 38.1 Å². The summed E-state index contributed by atoms with van der Waals surface area (Å²) in [7, 11) is 1.85. The summed E-state index contributed by atoms with van der Waals surface area (Å²) in [6, 6.07) is 11.3. The van der Waals surface area contributed by atoms with Gasteiger partial charge in [0.05, 0.1) is 38.9 Å². The van der Waals surface area contributed by atoms with Crippen LogP contribution in [0.2, 0.25) is 5.02 Å². The van der Waals surface area contributed by atoms with Gasteiger partial charge < -0.3 is 5.32 Å². The van der Waals surface area contributed by atoms with Gasteiger partial charge in [0.2, 0.25) is 0 Å². The fourth-order valence-electron chi connectivity index (χ4n) is 3.51. The van der Waals surface area contributed by atoms with Crippen molar-refractivity contribution in [3.8, 4) is 5.69 Å². The molecule has 0 spiro atoms. The monoisotopic (exact) mass is 436 g/mol. The molecule has 0 aliphatic rings. The number of benzene rings is 1.